The lowest BCUT2D eigenvalue weighted by molar-refractivity contribution is 0.573. The normalized spacial score (nSPS) is 12.4. The Morgan fingerprint density at radius 2 is 1.72 bits per heavy atom. The van der Waals surface area contributed by atoms with Crippen LogP contribution >= 0.6 is 15.9 Å². The van der Waals surface area contributed by atoms with Crippen molar-refractivity contribution in [3.63, 3.8) is 0 Å². The third kappa shape index (κ3) is 3.44. The summed E-state index contributed by atoms with van der Waals surface area (Å²) in [4.78, 5) is 0. The van der Waals surface area contributed by atoms with Gasteiger partial charge in [0.25, 0.3) is 0 Å². The van der Waals surface area contributed by atoms with E-state index in [1.54, 1.807) is 0 Å². The summed E-state index contributed by atoms with van der Waals surface area (Å²) in [6, 6.07) is 17.3. The summed E-state index contributed by atoms with van der Waals surface area (Å²) >= 11 is 3.46. The van der Waals surface area contributed by atoms with Crippen molar-refractivity contribution in [3.8, 4) is 0 Å². The summed E-state index contributed by atoms with van der Waals surface area (Å²) < 4.78 is 1.12. The number of rotatable bonds is 4. The maximum absolute atomic E-state index is 3.56. The molecule has 1 nitrogen and oxygen atoms in total. The first-order chi connectivity index (χ1) is 8.66. The summed E-state index contributed by atoms with van der Waals surface area (Å²) in [5, 5.41) is 3.56. The molecule has 18 heavy (non-hydrogen) atoms. The zero-order valence-electron chi connectivity index (χ0n) is 10.8. The van der Waals surface area contributed by atoms with E-state index < -0.39 is 0 Å². The molecule has 0 aliphatic heterocycles. The van der Waals surface area contributed by atoms with Gasteiger partial charge in [0.15, 0.2) is 0 Å². The third-order valence-electron chi connectivity index (χ3n) is 3.23. The Morgan fingerprint density at radius 3 is 2.39 bits per heavy atom. The molecule has 0 saturated heterocycles. The Balaban J connectivity index is 1.98. The molecule has 0 heterocycles. The van der Waals surface area contributed by atoms with Gasteiger partial charge in [-0.1, -0.05) is 52.3 Å². The van der Waals surface area contributed by atoms with E-state index in [1.807, 2.05) is 0 Å². The molecule has 2 aromatic carbocycles. The van der Waals surface area contributed by atoms with Crippen LogP contribution in [0.5, 0.6) is 0 Å². The minimum Gasteiger partial charge on any atom is -0.306 e. The molecule has 0 fully saturated rings. The summed E-state index contributed by atoms with van der Waals surface area (Å²) in [7, 11) is 0. The van der Waals surface area contributed by atoms with Crippen LogP contribution in [-0.4, -0.2) is 0 Å². The van der Waals surface area contributed by atoms with E-state index in [9.17, 15) is 0 Å². The second-order valence-electron chi connectivity index (χ2n) is 4.58. The number of nitrogens with one attached hydrogen (secondary N) is 1. The zero-order valence-corrected chi connectivity index (χ0v) is 12.4. The van der Waals surface area contributed by atoms with E-state index in [0.29, 0.717) is 6.04 Å². The molecule has 0 aliphatic rings. The van der Waals surface area contributed by atoms with Crippen molar-refractivity contribution in [2.24, 2.45) is 0 Å². The largest absolute Gasteiger partial charge is 0.306 e. The third-order valence-corrected chi connectivity index (χ3v) is 3.76. The molecule has 0 aliphatic carbocycles. The average Bonchev–Trinajstić information content (AvgIpc) is 2.38. The van der Waals surface area contributed by atoms with Gasteiger partial charge in [0, 0.05) is 17.1 Å². The highest BCUT2D eigenvalue weighted by Crippen LogP contribution is 2.17. The number of benzene rings is 2. The molecule has 2 aromatic rings. The molecule has 0 aromatic heterocycles. The average molecular weight is 304 g/mol. The lowest BCUT2D eigenvalue weighted by Gasteiger charge is -2.15. The molecule has 0 spiro atoms. The second kappa shape index (κ2) is 6.17. The van der Waals surface area contributed by atoms with Crippen LogP contribution < -0.4 is 5.32 Å². The first-order valence-electron chi connectivity index (χ1n) is 6.20. The number of halogens is 1. The minimum atomic E-state index is 0.359. The summed E-state index contributed by atoms with van der Waals surface area (Å²) in [6.07, 6.45) is 0. The summed E-state index contributed by atoms with van der Waals surface area (Å²) in [6.45, 7) is 5.26. The maximum Gasteiger partial charge on any atom is 0.0294 e. The van der Waals surface area contributed by atoms with Gasteiger partial charge in [-0.2, -0.15) is 0 Å². The topological polar surface area (TPSA) is 12.0 Å². The van der Waals surface area contributed by atoms with Crippen molar-refractivity contribution in [2.75, 3.05) is 0 Å². The van der Waals surface area contributed by atoms with E-state index in [-0.39, 0.29) is 0 Å². The molecular formula is C16H18BrN. The fourth-order valence-corrected chi connectivity index (χ4v) is 2.21. The Hall–Kier alpha value is -1.12. The molecule has 0 radical (unpaired) electrons. The molecule has 0 bridgehead atoms. The first-order valence-corrected chi connectivity index (χ1v) is 6.99. The van der Waals surface area contributed by atoms with E-state index in [4.69, 9.17) is 0 Å². The van der Waals surface area contributed by atoms with Crippen LogP contribution in [0.25, 0.3) is 0 Å². The predicted octanol–water partition coefficient (Wildman–Crippen LogP) is 4.61. The fraction of sp³-hybridized carbons (Fsp3) is 0.250. The molecule has 1 N–H and O–H groups in total. The van der Waals surface area contributed by atoms with Crippen LogP contribution in [0.3, 0.4) is 0 Å². The predicted molar refractivity (Wildman–Crippen MR) is 80.6 cm³/mol. The van der Waals surface area contributed by atoms with Crippen LogP contribution in [0.2, 0.25) is 0 Å². The monoisotopic (exact) mass is 303 g/mol. The second-order valence-corrected chi connectivity index (χ2v) is 5.50. The van der Waals surface area contributed by atoms with Gasteiger partial charge in [0.1, 0.15) is 0 Å². The van der Waals surface area contributed by atoms with Gasteiger partial charge in [-0.25, -0.2) is 0 Å². The Bertz CT molecular complexity index is 505. The molecule has 1 unspecified atom stereocenters. The van der Waals surface area contributed by atoms with Crippen molar-refractivity contribution in [2.45, 2.75) is 26.4 Å². The van der Waals surface area contributed by atoms with Crippen LogP contribution in [0.15, 0.2) is 53.0 Å². The molecule has 2 rings (SSSR count). The standard InChI is InChI=1S/C16H18BrN/c1-12-5-3-4-6-15(12)11-18-13(2)14-7-9-16(17)10-8-14/h3-10,13,18H,11H2,1-2H3. The molecule has 1 atom stereocenters. The van der Waals surface area contributed by atoms with E-state index >= 15 is 0 Å². The van der Waals surface area contributed by atoms with Crippen molar-refractivity contribution in [3.05, 3.63) is 69.7 Å². The molecule has 2 heteroatoms. The number of hydrogen-bond donors (Lipinski definition) is 1. The molecular weight excluding hydrogens is 286 g/mol. The van der Waals surface area contributed by atoms with E-state index in [1.165, 1.54) is 16.7 Å². The van der Waals surface area contributed by atoms with Crippen LogP contribution in [0.4, 0.5) is 0 Å². The van der Waals surface area contributed by atoms with Crippen molar-refractivity contribution >= 4 is 15.9 Å². The van der Waals surface area contributed by atoms with Gasteiger partial charge < -0.3 is 5.32 Å². The first kappa shape index (κ1) is 13.3. The van der Waals surface area contributed by atoms with Crippen molar-refractivity contribution in [1.82, 2.24) is 5.32 Å². The van der Waals surface area contributed by atoms with E-state index in [0.717, 1.165) is 11.0 Å². The minimum absolute atomic E-state index is 0.359. The molecule has 0 saturated carbocycles. The fourth-order valence-electron chi connectivity index (χ4n) is 1.94. The zero-order chi connectivity index (χ0) is 13.0. The van der Waals surface area contributed by atoms with Gasteiger partial charge in [-0.3, -0.25) is 0 Å². The van der Waals surface area contributed by atoms with Crippen LogP contribution in [0, 0.1) is 6.92 Å². The lowest BCUT2D eigenvalue weighted by atomic mass is 10.1. The highest BCUT2D eigenvalue weighted by atomic mass is 79.9. The van der Waals surface area contributed by atoms with E-state index in [2.05, 4.69) is 83.6 Å². The lowest BCUT2D eigenvalue weighted by Crippen LogP contribution is -2.18. The van der Waals surface area contributed by atoms with Crippen LogP contribution in [0.1, 0.15) is 29.7 Å². The summed E-state index contributed by atoms with van der Waals surface area (Å²) in [5.74, 6) is 0. The van der Waals surface area contributed by atoms with Crippen LogP contribution in [-0.2, 0) is 6.54 Å². The van der Waals surface area contributed by atoms with Gasteiger partial charge in [0.05, 0.1) is 0 Å². The SMILES string of the molecule is Cc1ccccc1CNC(C)c1ccc(Br)cc1. The summed E-state index contributed by atoms with van der Waals surface area (Å²) in [5.41, 5.74) is 4.02. The van der Waals surface area contributed by atoms with Crippen molar-refractivity contribution < 1.29 is 0 Å². The highest BCUT2D eigenvalue weighted by Gasteiger charge is 2.05. The van der Waals surface area contributed by atoms with Gasteiger partial charge in [0.2, 0.25) is 0 Å². The quantitative estimate of drug-likeness (QED) is 0.870. The Kier molecular flexibility index (Phi) is 4.56. The number of aryl methyl sites for hydroxylation is 1. The number of hydrogen-bond acceptors (Lipinski definition) is 1. The smallest absolute Gasteiger partial charge is 0.0294 e. The highest BCUT2D eigenvalue weighted by molar-refractivity contribution is 9.10. The van der Waals surface area contributed by atoms with Gasteiger partial charge in [-0.15, -0.1) is 0 Å². The molecule has 94 valence electrons. The van der Waals surface area contributed by atoms with Crippen molar-refractivity contribution in [1.29, 1.82) is 0 Å². The Labute approximate surface area is 117 Å². The maximum atomic E-state index is 3.56. The molecule has 0 amide bonds. The Morgan fingerprint density at radius 1 is 1.06 bits per heavy atom. The van der Waals surface area contributed by atoms with Gasteiger partial charge >= 0.3 is 0 Å². The van der Waals surface area contributed by atoms with Gasteiger partial charge in [-0.05, 0) is 42.7 Å².